The van der Waals surface area contributed by atoms with Crippen molar-refractivity contribution in [3.05, 3.63) is 111 Å². The molecule has 3 aromatic carbocycles. The van der Waals surface area contributed by atoms with Crippen molar-refractivity contribution in [3.8, 4) is 11.8 Å². The number of rotatable bonds is 11. The molecule has 0 bridgehead atoms. The topological polar surface area (TPSA) is 155 Å². The van der Waals surface area contributed by atoms with E-state index in [-0.39, 0.29) is 24.2 Å². The lowest BCUT2D eigenvalue weighted by Gasteiger charge is -2.56. The Morgan fingerprint density at radius 1 is 0.848 bits per heavy atom. The average Bonchev–Trinajstić information content (AvgIpc) is 3.88. The van der Waals surface area contributed by atoms with Gasteiger partial charge in [0.15, 0.2) is 0 Å². The lowest BCUT2D eigenvalue weighted by atomic mass is 9.60. The van der Waals surface area contributed by atoms with Gasteiger partial charge in [0.05, 0.1) is 28.5 Å². The Kier molecular flexibility index (Phi) is 11.8. The molecule has 0 radical (unpaired) electrons. The van der Waals surface area contributed by atoms with Crippen molar-refractivity contribution >= 4 is 46.9 Å². The third-order valence-corrected chi connectivity index (χ3v) is 15.6. The maximum Gasteiger partial charge on any atom is 0.262 e. The van der Waals surface area contributed by atoms with E-state index >= 15 is 0 Å². The lowest BCUT2D eigenvalue weighted by molar-refractivity contribution is -0.136. The number of benzene rings is 3. The molecule has 15 heteroatoms. The summed E-state index contributed by atoms with van der Waals surface area (Å²) in [7, 11) is 0. The van der Waals surface area contributed by atoms with Crippen LogP contribution in [0, 0.1) is 22.7 Å². The fourth-order valence-electron chi connectivity index (χ4n) is 11.3. The number of imide groups is 2. The normalized spacial score (nSPS) is 22.7. The van der Waals surface area contributed by atoms with Crippen LogP contribution in [0.2, 0.25) is 5.02 Å². The molecule has 66 heavy (non-hydrogen) atoms. The van der Waals surface area contributed by atoms with Crippen LogP contribution >= 0.6 is 11.6 Å². The highest BCUT2D eigenvalue weighted by atomic mass is 35.5. The number of halogens is 1. The van der Waals surface area contributed by atoms with Gasteiger partial charge in [-0.3, -0.25) is 34.3 Å². The number of ether oxygens (including phenoxy) is 1. The number of amides is 4. The molecule has 6 aliphatic rings. The fraction of sp³-hybridized carbons (Fsp3) is 0.471. The molecule has 5 fully saturated rings. The molecule has 14 nitrogen and oxygen atoms in total. The first-order valence-electron chi connectivity index (χ1n) is 23.4. The second-order valence-corrected chi connectivity index (χ2v) is 20.2. The molecule has 4 amide bonds. The van der Waals surface area contributed by atoms with Crippen LogP contribution in [0.1, 0.15) is 102 Å². The summed E-state index contributed by atoms with van der Waals surface area (Å²) in [5.74, 6) is 0.147. The minimum atomic E-state index is -0.958. The van der Waals surface area contributed by atoms with E-state index in [1.165, 1.54) is 25.7 Å². The molecule has 2 atom stereocenters. The minimum absolute atomic E-state index is 0.104. The first kappa shape index (κ1) is 44.0. The van der Waals surface area contributed by atoms with Gasteiger partial charge >= 0.3 is 0 Å². The summed E-state index contributed by atoms with van der Waals surface area (Å²) in [4.78, 5) is 71.3. The Morgan fingerprint density at radius 3 is 2.35 bits per heavy atom. The summed E-state index contributed by atoms with van der Waals surface area (Å²) >= 11 is 6.32. The Hall–Kier alpha value is -5.88. The number of anilines is 2. The van der Waals surface area contributed by atoms with E-state index in [0.717, 1.165) is 104 Å². The van der Waals surface area contributed by atoms with Crippen molar-refractivity contribution in [2.75, 3.05) is 68.7 Å². The van der Waals surface area contributed by atoms with Crippen molar-refractivity contribution < 1.29 is 23.9 Å². The first-order chi connectivity index (χ1) is 31.8. The number of piperidine rings is 2. The highest BCUT2D eigenvalue weighted by Crippen LogP contribution is 2.51. The quantitative estimate of drug-likeness (QED) is 0.171. The third-order valence-electron chi connectivity index (χ3n) is 15.4. The monoisotopic (exact) mass is 909 g/mol. The maximum atomic E-state index is 13.4. The van der Waals surface area contributed by atoms with Crippen molar-refractivity contribution in [3.63, 3.8) is 0 Å². The number of fused-ring (bicyclic) bond motifs is 1. The number of hydrogen-bond donors (Lipinski definition) is 1. The van der Waals surface area contributed by atoms with E-state index in [1.54, 1.807) is 12.1 Å². The van der Waals surface area contributed by atoms with Crippen LogP contribution in [-0.4, -0.2) is 119 Å². The molecule has 5 aliphatic heterocycles. The fourth-order valence-corrected chi connectivity index (χ4v) is 11.5. The molecule has 6 heterocycles. The molecule has 2 unspecified atom stereocenters. The number of nitriles is 1. The van der Waals surface area contributed by atoms with E-state index in [4.69, 9.17) is 21.3 Å². The lowest BCUT2D eigenvalue weighted by Crippen LogP contribution is -2.59. The molecule has 4 saturated heterocycles. The summed E-state index contributed by atoms with van der Waals surface area (Å²) in [6.45, 7) is 13.6. The van der Waals surface area contributed by atoms with Crippen LogP contribution < -0.4 is 19.9 Å². The van der Waals surface area contributed by atoms with Crippen LogP contribution in [0.25, 0.3) is 0 Å². The maximum absolute atomic E-state index is 13.4. The highest BCUT2D eigenvalue weighted by molar-refractivity contribution is 6.30. The Balaban J connectivity index is 0.649. The van der Waals surface area contributed by atoms with Gasteiger partial charge in [-0.05, 0) is 129 Å². The number of nitrogens with zero attached hydrogens (tertiary/aromatic N) is 8. The summed E-state index contributed by atoms with van der Waals surface area (Å²) in [6, 6.07) is 22.8. The molecule has 10 rings (SSSR count). The van der Waals surface area contributed by atoms with E-state index in [2.05, 4.69) is 61.9 Å². The smallest absolute Gasteiger partial charge is 0.262 e. The van der Waals surface area contributed by atoms with Crippen LogP contribution in [-0.2, 0) is 21.6 Å². The summed E-state index contributed by atoms with van der Waals surface area (Å²) < 4.78 is 6.17. The molecule has 1 saturated carbocycles. The Labute approximate surface area is 390 Å². The first-order valence-corrected chi connectivity index (χ1v) is 23.8. The Bertz CT molecular complexity index is 2590. The van der Waals surface area contributed by atoms with Gasteiger partial charge in [0.25, 0.3) is 11.8 Å². The summed E-state index contributed by atoms with van der Waals surface area (Å²) in [5.41, 5.74) is 5.16. The number of piperazine rings is 1. The number of carbonyl (C=O) groups excluding carboxylic acids is 4. The van der Waals surface area contributed by atoms with Crippen LogP contribution in [0.3, 0.4) is 0 Å². The standard InChI is InChI=1S/C51H56ClN9O5/c1-50(2,36-23-34(29-53)24-37(52)25-36)35-3-6-41(7-4-35)66-32-38-11-15-54-49(55-38)59-21-19-58(20-22-59)40-27-51(28-40)13-17-57(18-14-51)30-33-12-16-60(31-33)39-5-8-42-43(26-39)48(65)61(47(42)64)44-9-10-45(62)56-46(44)63/h3-8,11,15,23-26,33,40,44H,9-10,12-14,16-22,27-28,30-32H2,1-2H3,(H,56,62,63). The Morgan fingerprint density at radius 2 is 1.61 bits per heavy atom. The predicted octanol–water partition coefficient (Wildman–Crippen LogP) is 6.20. The molecular formula is C51H56ClN9O5. The number of carbonyl (C=O) groups is 4. The van der Waals surface area contributed by atoms with Gasteiger partial charge in [0, 0.05) is 80.6 Å². The predicted molar refractivity (Wildman–Crippen MR) is 249 cm³/mol. The number of likely N-dealkylation sites (tertiary alicyclic amines) is 1. The zero-order chi connectivity index (χ0) is 45.7. The largest absolute Gasteiger partial charge is 0.487 e. The summed E-state index contributed by atoms with van der Waals surface area (Å²) in [6.07, 6.45) is 8.23. The third kappa shape index (κ3) is 8.64. The van der Waals surface area contributed by atoms with Crippen LogP contribution in [0.4, 0.5) is 11.6 Å². The van der Waals surface area contributed by atoms with Gasteiger partial charge in [-0.1, -0.05) is 37.6 Å². The minimum Gasteiger partial charge on any atom is -0.487 e. The van der Waals surface area contributed by atoms with E-state index in [1.807, 2.05) is 48.7 Å². The van der Waals surface area contributed by atoms with Crippen LogP contribution in [0.15, 0.2) is 72.9 Å². The SMILES string of the molecule is CC(C)(c1ccc(OCc2ccnc(N3CCN(C4CC5(CCN(CC6CCN(c7ccc8c(c7)C(=O)N(C7CCC(=O)NC7=O)C8=O)C6)CC5)C4)CC3)n2)cc1)c1cc(Cl)cc(C#N)c1. The van der Waals surface area contributed by atoms with Gasteiger partial charge in [0.2, 0.25) is 17.8 Å². The van der Waals surface area contributed by atoms with Crippen molar-refractivity contribution in [1.82, 2.24) is 30.0 Å². The van der Waals surface area contributed by atoms with Gasteiger partial charge in [0.1, 0.15) is 18.4 Å². The number of aromatic nitrogens is 2. The van der Waals surface area contributed by atoms with E-state index in [9.17, 15) is 24.4 Å². The van der Waals surface area contributed by atoms with Gasteiger partial charge < -0.3 is 19.4 Å². The molecule has 4 aromatic rings. The van der Waals surface area contributed by atoms with Gasteiger partial charge in [-0.2, -0.15) is 5.26 Å². The second kappa shape index (κ2) is 17.7. The zero-order valence-corrected chi connectivity index (χ0v) is 38.4. The van der Waals surface area contributed by atoms with Crippen LogP contribution in [0.5, 0.6) is 5.75 Å². The van der Waals surface area contributed by atoms with Gasteiger partial charge in [-0.15, -0.1) is 0 Å². The molecular weight excluding hydrogens is 854 g/mol. The van der Waals surface area contributed by atoms with E-state index in [0.29, 0.717) is 45.7 Å². The average molecular weight is 911 g/mol. The molecule has 1 aliphatic carbocycles. The highest BCUT2D eigenvalue weighted by Gasteiger charge is 2.49. The van der Waals surface area contributed by atoms with Gasteiger partial charge in [-0.25, -0.2) is 9.97 Å². The number of nitrogens with one attached hydrogen (secondary N) is 1. The zero-order valence-electron chi connectivity index (χ0n) is 37.7. The molecule has 1 aromatic heterocycles. The molecule has 1 N–H and O–H groups in total. The molecule has 1 spiro atoms. The van der Waals surface area contributed by atoms with Crippen molar-refractivity contribution in [2.45, 2.75) is 82.9 Å². The van der Waals surface area contributed by atoms with E-state index < -0.39 is 23.8 Å². The summed E-state index contributed by atoms with van der Waals surface area (Å²) in [5, 5.41) is 12.3. The van der Waals surface area contributed by atoms with Crippen molar-refractivity contribution in [1.29, 1.82) is 5.26 Å². The molecule has 342 valence electrons. The van der Waals surface area contributed by atoms with Crippen molar-refractivity contribution in [2.24, 2.45) is 11.3 Å². The second-order valence-electron chi connectivity index (χ2n) is 19.8. The number of hydrogen-bond acceptors (Lipinski definition) is 12.